The van der Waals surface area contributed by atoms with Gasteiger partial charge in [0.15, 0.2) is 6.29 Å². The fraction of sp³-hybridized carbons (Fsp3) is 0.600. The second-order valence-corrected chi connectivity index (χ2v) is 3.85. The molecule has 0 spiro atoms. The summed E-state index contributed by atoms with van der Waals surface area (Å²) in [4.78, 5) is 3.87. The maximum Gasteiger partial charge on any atom is 0.173 e. The summed E-state index contributed by atoms with van der Waals surface area (Å²) in [6.07, 6.45) is 5.89. The van der Waals surface area contributed by atoms with Gasteiger partial charge in [-0.3, -0.25) is 15.0 Å². The summed E-state index contributed by atoms with van der Waals surface area (Å²) in [5, 5.41) is 19.1. The number of rotatable bonds is 7. The molecular formula is C10H17N5O. The lowest BCUT2D eigenvalue weighted by atomic mass is 10.5. The predicted octanol–water partition coefficient (Wildman–Crippen LogP) is 0.196. The van der Waals surface area contributed by atoms with E-state index in [1.807, 2.05) is 10.9 Å². The summed E-state index contributed by atoms with van der Waals surface area (Å²) in [6, 6.07) is 0.580. The molecule has 16 heavy (non-hydrogen) atoms. The molecule has 1 atom stereocenters. The number of aliphatic hydroxyl groups excluding tert-OH is 1. The maximum absolute atomic E-state index is 8.69. The Balaban J connectivity index is 1.87. The number of aliphatic imine (C=N–C) groups is 1. The Bertz CT molecular complexity index is 347. The summed E-state index contributed by atoms with van der Waals surface area (Å²) in [7, 11) is 0. The van der Waals surface area contributed by atoms with Gasteiger partial charge in [-0.2, -0.15) is 5.10 Å². The molecule has 88 valence electrons. The Morgan fingerprint density at radius 2 is 2.50 bits per heavy atom. The van der Waals surface area contributed by atoms with Gasteiger partial charge in [0.25, 0.3) is 0 Å². The normalized spacial score (nSPS) is 17.1. The minimum absolute atomic E-state index is 0.0784. The second kappa shape index (κ2) is 5.09. The summed E-state index contributed by atoms with van der Waals surface area (Å²) in [5.41, 5.74) is 0.912. The molecule has 1 aliphatic rings. The number of anilines is 1. The van der Waals surface area contributed by atoms with Crippen LogP contribution in [0.2, 0.25) is 0 Å². The van der Waals surface area contributed by atoms with Crippen LogP contribution in [0.4, 0.5) is 5.69 Å². The van der Waals surface area contributed by atoms with Crippen LogP contribution in [0.5, 0.6) is 0 Å². The van der Waals surface area contributed by atoms with E-state index in [9.17, 15) is 0 Å². The van der Waals surface area contributed by atoms with E-state index in [0.29, 0.717) is 12.6 Å². The molecule has 0 radical (unpaired) electrons. The fourth-order valence-corrected chi connectivity index (χ4v) is 1.47. The average molecular weight is 223 g/mol. The summed E-state index contributed by atoms with van der Waals surface area (Å²) in [5.74, 6) is 0. The summed E-state index contributed by atoms with van der Waals surface area (Å²) in [6.45, 7) is 4.04. The van der Waals surface area contributed by atoms with E-state index >= 15 is 0 Å². The third-order valence-corrected chi connectivity index (χ3v) is 2.46. The number of nitrogens with one attached hydrogen (secondary N) is 2. The number of aliphatic hydroxyl groups is 1. The third-order valence-electron chi connectivity index (χ3n) is 2.46. The lowest BCUT2D eigenvalue weighted by molar-refractivity contribution is 0.287. The largest absolute Gasteiger partial charge is 0.395 e. The topological polar surface area (TPSA) is 74.5 Å². The zero-order valence-electron chi connectivity index (χ0n) is 9.13. The van der Waals surface area contributed by atoms with E-state index in [1.54, 1.807) is 6.20 Å². The molecule has 0 aliphatic heterocycles. The standard InChI is InChI=1S/C10H17N5O/c1-11-10(12-4-5-16)14-8-6-13-15(7-8)9-2-3-9/h6-7,9-10,12,14,16H,1-5H2. The van der Waals surface area contributed by atoms with Gasteiger partial charge in [0.2, 0.25) is 0 Å². The van der Waals surface area contributed by atoms with E-state index in [2.05, 4.69) is 27.4 Å². The number of hydrogen-bond donors (Lipinski definition) is 3. The lowest BCUT2D eigenvalue weighted by Gasteiger charge is -2.14. The van der Waals surface area contributed by atoms with Crippen LogP contribution in [0.25, 0.3) is 0 Å². The minimum Gasteiger partial charge on any atom is -0.395 e. The summed E-state index contributed by atoms with van der Waals surface area (Å²) >= 11 is 0. The first-order chi connectivity index (χ1) is 7.83. The van der Waals surface area contributed by atoms with Crippen LogP contribution in [-0.4, -0.2) is 41.0 Å². The van der Waals surface area contributed by atoms with Gasteiger partial charge in [0, 0.05) is 12.7 Å². The maximum atomic E-state index is 8.69. The van der Waals surface area contributed by atoms with Crippen LogP contribution >= 0.6 is 0 Å². The van der Waals surface area contributed by atoms with Crippen LogP contribution in [0.15, 0.2) is 17.4 Å². The molecule has 0 saturated heterocycles. The van der Waals surface area contributed by atoms with Crippen LogP contribution in [0, 0.1) is 0 Å². The van der Waals surface area contributed by atoms with Gasteiger partial charge < -0.3 is 10.4 Å². The van der Waals surface area contributed by atoms with Gasteiger partial charge in [-0.1, -0.05) is 0 Å². The molecule has 1 heterocycles. The second-order valence-electron chi connectivity index (χ2n) is 3.85. The SMILES string of the molecule is C=NC(NCCO)Nc1cnn(C2CC2)c1. The van der Waals surface area contributed by atoms with Crippen LogP contribution in [0.3, 0.4) is 0 Å². The van der Waals surface area contributed by atoms with Gasteiger partial charge in [-0.15, -0.1) is 0 Å². The first-order valence-corrected chi connectivity index (χ1v) is 5.44. The van der Waals surface area contributed by atoms with Crippen molar-refractivity contribution in [3.05, 3.63) is 12.4 Å². The van der Waals surface area contributed by atoms with Crippen molar-refractivity contribution in [1.82, 2.24) is 15.1 Å². The lowest BCUT2D eigenvalue weighted by Crippen LogP contribution is -2.36. The molecule has 0 bridgehead atoms. The smallest absolute Gasteiger partial charge is 0.173 e. The Hall–Kier alpha value is -1.40. The van der Waals surface area contributed by atoms with Crippen LogP contribution < -0.4 is 10.6 Å². The zero-order valence-corrected chi connectivity index (χ0v) is 9.13. The zero-order chi connectivity index (χ0) is 11.4. The molecule has 1 unspecified atom stereocenters. The van der Waals surface area contributed by atoms with Crippen molar-refractivity contribution < 1.29 is 5.11 Å². The number of hydrogen-bond acceptors (Lipinski definition) is 5. The van der Waals surface area contributed by atoms with Gasteiger partial charge in [-0.25, -0.2) is 0 Å². The Kier molecular flexibility index (Phi) is 3.53. The fourth-order valence-electron chi connectivity index (χ4n) is 1.47. The van der Waals surface area contributed by atoms with Crippen molar-refractivity contribution in [1.29, 1.82) is 0 Å². The van der Waals surface area contributed by atoms with Gasteiger partial charge in [0.05, 0.1) is 24.5 Å². The highest BCUT2D eigenvalue weighted by Crippen LogP contribution is 2.34. The molecule has 1 aromatic rings. The number of aromatic nitrogens is 2. The van der Waals surface area contributed by atoms with Gasteiger partial charge in [-0.05, 0) is 19.6 Å². The van der Waals surface area contributed by atoms with E-state index < -0.39 is 0 Å². The van der Waals surface area contributed by atoms with Crippen molar-refractivity contribution in [3.63, 3.8) is 0 Å². The molecule has 1 fully saturated rings. The molecule has 1 aliphatic carbocycles. The van der Waals surface area contributed by atoms with Gasteiger partial charge >= 0.3 is 0 Å². The highest BCUT2D eigenvalue weighted by Gasteiger charge is 2.24. The predicted molar refractivity (Wildman–Crippen MR) is 62.5 cm³/mol. The molecule has 0 aromatic carbocycles. The minimum atomic E-state index is -0.288. The van der Waals surface area contributed by atoms with Gasteiger partial charge in [0.1, 0.15) is 0 Å². The van der Waals surface area contributed by atoms with Crippen LogP contribution in [0.1, 0.15) is 18.9 Å². The number of nitrogens with zero attached hydrogens (tertiary/aromatic N) is 3. The molecule has 1 saturated carbocycles. The van der Waals surface area contributed by atoms with E-state index in [1.165, 1.54) is 12.8 Å². The van der Waals surface area contributed by atoms with Crippen molar-refractivity contribution >= 4 is 12.4 Å². The van der Waals surface area contributed by atoms with Crippen molar-refractivity contribution in [2.75, 3.05) is 18.5 Å². The third kappa shape index (κ3) is 2.80. The quantitative estimate of drug-likeness (QED) is 0.456. The summed E-state index contributed by atoms with van der Waals surface area (Å²) < 4.78 is 1.97. The molecule has 6 nitrogen and oxygen atoms in total. The molecule has 6 heteroatoms. The Labute approximate surface area is 94.4 Å². The van der Waals surface area contributed by atoms with E-state index in [0.717, 1.165) is 5.69 Å². The average Bonchev–Trinajstić information content (AvgIpc) is 3.05. The Morgan fingerprint density at radius 3 is 3.12 bits per heavy atom. The molecule has 1 aromatic heterocycles. The first kappa shape index (κ1) is 11.1. The molecular weight excluding hydrogens is 206 g/mol. The van der Waals surface area contributed by atoms with Crippen LogP contribution in [-0.2, 0) is 0 Å². The molecule has 2 rings (SSSR count). The highest BCUT2D eigenvalue weighted by molar-refractivity contribution is 5.40. The van der Waals surface area contributed by atoms with E-state index in [-0.39, 0.29) is 12.9 Å². The van der Waals surface area contributed by atoms with Crippen molar-refractivity contribution in [2.24, 2.45) is 4.99 Å². The monoisotopic (exact) mass is 223 g/mol. The molecule has 0 amide bonds. The Morgan fingerprint density at radius 1 is 1.69 bits per heavy atom. The first-order valence-electron chi connectivity index (χ1n) is 5.44. The van der Waals surface area contributed by atoms with Crippen molar-refractivity contribution in [2.45, 2.75) is 25.2 Å². The van der Waals surface area contributed by atoms with Crippen molar-refractivity contribution in [3.8, 4) is 0 Å². The molecule has 3 N–H and O–H groups in total. The highest BCUT2D eigenvalue weighted by atomic mass is 16.3. The van der Waals surface area contributed by atoms with E-state index in [4.69, 9.17) is 5.11 Å².